The zero-order chi connectivity index (χ0) is 19.9. The number of halogens is 1. The zero-order valence-corrected chi connectivity index (χ0v) is 17.7. The SMILES string of the molecule is CCC(OC(=S)n1ccnc1)C(C)(C)n1nc(N2CCC2)c2cnc(Cl)cc21. The van der Waals surface area contributed by atoms with Crippen LogP contribution < -0.4 is 4.90 Å². The van der Waals surface area contributed by atoms with Crippen molar-refractivity contribution in [2.24, 2.45) is 0 Å². The molecular formula is C19H23ClN6OS. The van der Waals surface area contributed by atoms with Crippen molar-refractivity contribution in [3.05, 3.63) is 36.1 Å². The van der Waals surface area contributed by atoms with Gasteiger partial charge in [0.2, 0.25) is 0 Å². The predicted octanol–water partition coefficient (Wildman–Crippen LogP) is 3.85. The Labute approximate surface area is 174 Å². The molecule has 9 heteroatoms. The van der Waals surface area contributed by atoms with E-state index in [4.69, 9.17) is 33.7 Å². The first-order valence-electron chi connectivity index (χ1n) is 9.40. The molecule has 3 aromatic heterocycles. The number of thiocarbonyl (C=S) groups is 1. The van der Waals surface area contributed by atoms with Crippen molar-refractivity contribution in [2.75, 3.05) is 18.0 Å². The van der Waals surface area contributed by atoms with Gasteiger partial charge in [0.05, 0.1) is 16.4 Å². The fourth-order valence-corrected chi connectivity index (χ4v) is 3.96. The van der Waals surface area contributed by atoms with Gasteiger partial charge in [-0.15, -0.1) is 0 Å². The summed E-state index contributed by atoms with van der Waals surface area (Å²) >= 11 is 11.7. The standard InChI is InChI=1S/C19H23ClN6OS/c1-4-15(27-18(28)25-9-6-21-12-25)19(2,3)26-14-10-16(20)22-11-13(14)17(23-26)24-7-5-8-24/h6,9-12,15H,4-5,7-8H2,1-3H3. The highest BCUT2D eigenvalue weighted by molar-refractivity contribution is 7.80. The van der Waals surface area contributed by atoms with Crippen LogP contribution in [0.3, 0.4) is 0 Å². The molecule has 1 atom stereocenters. The average Bonchev–Trinajstić information content (AvgIpc) is 3.26. The van der Waals surface area contributed by atoms with Crippen molar-refractivity contribution in [2.45, 2.75) is 45.3 Å². The lowest BCUT2D eigenvalue weighted by atomic mass is 9.95. The van der Waals surface area contributed by atoms with E-state index in [-0.39, 0.29) is 6.10 Å². The summed E-state index contributed by atoms with van der Waals surface area (Å²) in [6.45, 7) is 8.32. The first kappa shape index (κ1) is 19.1. The smallest absolute Gasteiger partial charge is 0.269 e. The highest BCUT2D eigenvalue weighted by Crippen LogP contribution is 2.35. The Bertz CT molecular complexity index is 995. The fourth-order valence-electron chi connectivity index (χ4n) is 3.58. The van der Waals surface area contributed by atoms with Crippen LogP contribution in [0.2, 0.25) is 5.15 Å². The van der Waals surface area contributed by atoms with Crippen molar-refractivity contribution in [3.63, 3.8) is 0 Å². The summed E-state index contributed by atoms with van der Waals surface area (Å²) in [6, 6.07) is 1.87. The number of pyridine rings is 1. The predicted molar refractivity (Wildman–Crippen MR) is 114 cm³/mol. The van der Waals surface area contributed by atoms with Crippen LogP contribution in [0, 0.1) is 0 Å². The molecule has 1 fully saturated rings. The van der Waals surface area contributed by atoms with Gasteiger partial charge in [-0.25, -0.2) is 9.97 Å². The van der Waals surface area contributed by atoms with Crippen LogP contribution in [-0.4, -0.2) is 48.7 Å². The minimum Gasteiger partial charge on any atom is -0.465 e. The zero-order valence-electron chi connectivity index (χ0n) is 16.2. The maximum absolute atomic E-state index is 6.21. The topological polar surface area (TPSA) is 61.0 Å². The van der Waals surface area contributed by atoms with Gasteiger partial charge in [-0.2, -0.15) is 5.10 Å². The summed E-state index contributed by atoms with van der Waals surface area (Å²) in [4.78, 5) is 10.6. The van der Waals surface area contributed by atoms with Gasteiger partial charge in [0.15, 0.2) is 5.82 Å². The largest absolute Gasteiger partial charge is 0.465 e. The van der Waals surface area contributed by atoms with E-state index in [0.717, 1.165) is 36.2 Å². The van der Waals surface area contributed by atoms with Crippen molar-refractivity contribution in [3.8, 4) is 0 Å². The molecule has 1 aliphatic rings. The third-order valence-corrected chi connectivity index (χ3v) is 5.84. The summed E-state index contributed by atoms with van der Waals surface area (Å²) in [5.41, 5.74) is 0.480. The van der Waals surface area contributed by atoms with Gasteiger partial charge in [0.1, 0.15) is 17.6 Å². The van der Waals surface area contributed by atoms with Gasteiger partial charge in [-0.1, -0.05) is 18.5 Å². The molecular weight excluding hydrogens is 396 g/mol. The normalized spacial score (nSPS) is 15.5. The summed E-state index contributed by atoms with van der Waals surface area (Å²) in [5.74, 6) is 0.950. The summed E-state index contributed by atoms with van der Waals surface area (Å²) in [7, 11) is 0. The number of ether oxygens (including phenoxy) is 1. The Morgan fingerprint density at radius 3 is 2.79 bits per heavy atom. The molecule has 3 aromatic rings. The first-order valence-corrected chi connectivity index (χ1v) is 10.2. The second-order valence-electron chi connectivity index (χ2n) is 7.50. The number of imidazole rings is 1. The Kier molecular flexibility index (Phi) is 5.01. The Balaban J connectivity index is 1.73. The third kappa shape index (κ3) is 3.24. The molecule has 0 saturated carbocycles. The van der Waals surface area contributed by atoms with Crippen molar-refractivity contribution >= 4 is 45.7 Å². The number of aromatic nitrogens is 5. The molecule has 0 N–H and O–H groups in total. The van der Waals surface area contributed by atoms with Crippen LogP contribution in [-0.2, 0) is 10.3 Å². The molecule has 4 heterocycles. The molecule has 0 spiro atoms. The van der Waals surface area contributed by atoms with E-state index in [1.807, 2.05) is 16.9 Å². The lowest BCUT2D eigenvalue weighted by Crippen LogP contribution is -2.44. The number of hydrogen-bond donors (Lipinski definition) is 0. The molecule has 0 aliphatic carbocycles. The minimum atomic E-state index is -0.467. The van der Waals surface area contributed by atoms with E-state index in [0.29, 0.717) is 10.3 Å². The van der Waals surface area contributed by atoms with Crippen LogP contribution in [0.5, 0.6) is 0 Å². The number of anilines is 1. The highest BCUT2D eigenvalue weighted by Gasteiger charge is 2.36. The molecule has 4 rings (SSSR count). The molecule has 7 nitrogen and oxygen atoms in total. The molecule has 148 valence electrons. The van der Waals surface area contributed by atoms with Gasteiger partial charge in [0, 0.05) is 37.7 Å². The number of hydrogen-bond acceptors (Lipinski definition) is 6. The summed E-state index contributed by atoms with van der Waals surface area (Å²) in [6.07, 6.45) is 8.65. The van der Waals surface area contributed by atoms with Gasteiger partial charge in [-0.3, -0.25) is 9.25 Å². The van der Waals surface area contributed by atoms with Crippen LogP contribution in [0.1, 0.15) is 33.6 Å². The molecule has 0 radical (unpaired) electrons. The van der Waals surface area contributed by atoms with E-state index < -0.39 is 5.54 Å². The van der Waals surface area contributed by atoms with Gasteiger partial charge < -0.3 is 9.64 Å². The van der Waals surface area contributed by atoms with Crippen LogP contribution in [0.25, 0.3) is 10.9 Å². The Morgan fingerprint density at radius 1 is 1.39 bits per heavy atom. The summed E-state index contributed by atoms with van der Waals surface area (Å²) < 4.78 is 9.89. The van der Waals surface area contributed by atoms with E-state index >= 15 is 0 Å². The van der Waals surface area contributed by atoms with Crippen LogP contribution in [0.4, 0.5) is 5.82 Å². The number of rotatable bonds is 5. The second-order valence-corrected chi connectivity index (χ2v) is 8.24. The van der Waals surface area contributed by atoms with Crippen molar-refractivity contribution in [1.82, 2.24) is 24.3 Å². The number of fused-ring (bicyclic) bond motifs is 1. The van der Waals surface area contributed by atoms with Crippen LogP contribution in [0.15, 0.2) is 31.0 Å². The lowest BCUT2D eigenvalue weighted by molar-refractivity contribution is 0.0601. The molecule has 0 aromatic carbocycles. The first-order chi connectivity index (χ1) is 13.4. The van der Waals surface area contributed by atoms with Crippen LogP contribution >= 0.6 is 23.8 Å². The molecule has 1 aliphatic heterocycles. The Morgan fingerprint density at radius 2 is 2.18 bits per heavy atom. The third-order valence-electron chi connectivity index (χ3n) is 5.33. The van der Waals surface area contributed by atoms with E-state index in [1.54, 1.807) is 23.3 Å². The molecule has 1 saturated heterocycles. The highest BCUT2D eigenvalue weighted by atomic mass is 35.5. The summed E-state index contributed by atoms with van der Waals surface area (Å²) in [5, 5.41) is 6.79. The molecule has 0 bridgehead atoms. The van der Waals surface area contributed by atoms with E-state index in [2.05, 4.69) is 35.6 Å². The number of nitrogens with zero attached hydrogens (tertiary/aromatic N) is 6. The molecule has 0 amide bonds. The van der Waals surface area contributed by atoms with E-state index in [9.17, 15) is 0 Å². The van der Waals surface area contributed by atoms with Crippen molar-refractivity contribution < 1.29 is 4.74 Å². The monoisotopic (exact) mass is 418 g/mol. The average molecular weight is 419 g/mol. The quantitative estimate of drug-likeness (QED) is 0.463. The maximum Gasteiger partial charge on any atom is 0.269 e. The van der Waals surface area contributed by atoms with Gasteiger partial charge in [-0.05, 0) is 38.9 Å². The van der Waals surface area contributed by atoms with Gasteiger partial charge in [0.25, 0.3) is 5.17 Å². The fraction of sp³-hybridized carbons (Fsp3) is 0.474. The second kappa shape index (κ2) is 7.33. The lowest BCUT2D eigenvalue weighted by Gasteiger charge is -2.35. The van der Waals surface area contributed by atoms with Crippen molar-refractivity contribution in [1.29, 1.82) is 0 Å². The molecule has 1 unspecified atom stereocenters. The van der Waals surface area contributed by atoms with Gasteiger partial charge >= 0.3 is 0 Å². The van der Waals surface area contributed by atoms with E-state index in [1.165, 1.54) is 6.42 Å². The minimum absolute atomic E-state index is 0.193. The molecule has 28 heavy (non-hydrogen) atoms. The Hall–Kier alpha value is -2.19. The maximum atomic E-state index is 6.21.